The van der Waals surface area contributed by atoms with Crippen LogP contribution in [-0.4, -0.2) is 19.1 Å². The summed E-state index contributed by atoms with van der Waals surface area (Å²) in [7, 11) is 0. The molecule has 8 aromatic carbocycles. The highest BCUT2D eigenvalue weighted by Gasteiger charge is 2.19. The Kier molecular flexibility index (Phi) is 7.46. The van der Waals surface area contributed by atoms with Gasteiger partial charge >= 0.3 is 0 Å². The molecule has 0 radical (unpaired) electrons. The van der Waals surface area contributed by atoms with Crippen LogP contribution in [0.25, 0.3) is 100 Å². The maximum Gasteiger partial charge on any atom is 0.235 e. The van der Waals surface area contributed by atoms with Crippen LogP contribution in [0.4, 0.5) is 0 Å². The number of aromatic nitrogens is 4. The lowest BCUT2D eigenvalue weighted by Gasteiger charge is -2.12. The molecule has 11 rings (SSSR count). The Morgan fingerprint density at radius 3 is 1.36 bits per heavy atom. The zero-order chi connectivity index (χ0) is 37.0. The van der Waals surface area contributed by atoms with Crippen molar-refractivity contribution >= 4 is 43.6 Å². The minimum atomic E-state index is 0.639. The predicted molar refractivity (Wildman–Crippen MR) is 232 cm³/mol. The number of nitrogens with zero attached hydrogens (tertiary/aromatic N) is 4. The van der Waals surface area contributed by atoms with Crippen molar-refractivity contribution in [2.45, 2.75) is 0 Å². The third-order valence-electron chi connectivity index (χ3n) is 10.9. The minimum absolute atomic E-state index is 0.639. The van der Waals surface area contributed by atoms with Crippen LogP contribution in [0.3, 0.4) is 0 Å². The highest BCUT2D eigenvalue weighted by molar-refractivity contribution is 6.12. The minimum Gasteiger partial charge on any atom is -0.309 e. The first-order chi connectivity index (χ1) is 27.8. The smallest absolute Gasteiger partial charge is 0.235 e. The van der Waals surface area contributed by atoms with Gasteiger partial charge in [0, 0.05) is 38.4 Å². The Balaban J connectivity index is 1.09. The summed E-state index contributed by atoms with van der Waals surface area (Å²) in [5, 5.41) is 4.80. The summed E-state index contributed by atoms with van der Waals surface area (Å²) in [6.45, 7) is 0. The van der Waals surface area contributed by atoms with Crippen LogP contribution in [0, 0.1) is 0 Å². The SMILES string of the molecule is c1ccc(-c2cccc(-c3cc(-c4ccccc4)nc(-n4c5ccccc5c5cc(-c6ccc7c(c6)c6ccccc6n7-c6ccccc6)ccc54)n3)c2)cc1. The Morgan fingerprint density at radius 1 is 0.268 bits per heavy atom. The molecule has 0 fully saturated rings. The summed E-state index contributed by atoms with van der Waals surface area (Å²) in [5.41, 5.74) is 14.2. The van der Waals surface area contributed by atoms with E-state index in [1.54, 1.807) is 0 Å². The standard InChI is InChI=1S/C52H34N4/c1-4-15-35(16-5-1)37-19-14-20-40(31-37)47-34-46(36-17-6-2-7-18-36)53-52(54-47)56-49-26-13-11-24-43(49)45-33-39(28-30-51(45)56)38-27-29-50-44(32-38)42-23-10-12-25-48(42)55(50)41-21-8-3-9-22-41/h1-34H. The summed E-state index contributed by atoms with van der Waals surface area (Å²) >= 11 is 0. The van der Waals surface area contributed by atoms with Crippen molar-refractivity contribution < 1.29 is 0 Å². The molecule has 0 spiro atoms. The molecule has 11 aromatic rings. The summed E-state index contributed by atoms with van der Waals surface area (Å²) in [6.07, 6.45) is 0. The van der Waals surface area contributed by atoms with Gasteiger partial charge in [-0.1, -0.05) is 146 Å². The Hall–Kier alpha value is -7.56. The number of hydrogen-bond acceptors (Lipinski definition) is 2. The second-order valence-corrected chi connectivity index (χ2v) is 14.3. The van der Waals surface area contributed by atoms with Crippen LogP contribution in [0.2, 0.25) is 0 Å². The molecule has 4 nitrogen and oxygen atoms in total. The van der Waals surface area contributed by atoms with Crippen molar-refractivity contribution in [1.29, 1.82) is 0 Å². The van der Waals surface area contributed by atoms with Crippen molar-refractivity contribution in [3.05, 3.63) is 206 Å². The lowest BCUT2D eigenvalue weighted by Crippen LogP contribution is -2.04. The van der Waals surface area contributed by atoms with E-state index in [1.807, 2.05) is 6.07 Å². The molecule has 0 aliphatic carbocycles. The highest BCUT2D eigenvalue weighted by atomic mass is 15.2. The average Bonchev–Trinajstić information content (AvgIpc) is 3.79. The van der Waals surface area contributed by atoms with Crippen molar-refractivity contribution in [3.8, 4) is 56.4 Å². The number of benzene rings is 8. The molecule has 0 saturated heterocycles. The molecular formula is C52H34N4. The molecule has 0 aliphatic rings. The van der Waals surface area contributed by atoms with E-state index in [9.17, 15) is 0 Å². The quantitative estimate of drug-likeness (QED) is 0.172. The topological polar surface area (TPSA) is 35.6 Å². The van der Waals surface area contributed by atoms with E-state index >= 15 is 0 Å². The van der Waals surface area contributed by atoms with Crippen LogP contribution in [-0.2, 0) is 0 Å². The largest absolute Gasteiger partial charge is 0.309 e. The van der Waals surface area contributed by atoms with E-state index in [2.05, 4.69) is 209 Å². The van der Waals surface area contributed by atoms with Gasteiger partial charge in [0.25, 0.3) is 0 Å². The highest BCUT2D eigenvalue weighted by Crippen LogP contribution is 2.39. The summed E-state index contributed by atoms with van der Waals surface area (Å²) in [5.74, 6) is 0.639. The van der Waals surface area contributed by atoms with Gasteiger partial charge in [-0.25, -0.2) is 9.97 Å². The predicted octanol–water partition coefficient (Wildman–Crippen LogP) is 13.3. The van der Waals surface area contributed by atoms with Crippen molar-refractivity contribution in [1.82, 2.24) is 19.1 Å². The van der Waals surface area contributed by atoms with Crippen LogP contribution in [0.5, 0.6) is 0 Å². The van der Waals surface area contributed by atoms with Crippen LogP contribution in [0.15, 0.2) is 206 Å². The molecule has 0 aliphatic heterocycles. The molecule has 0 atom stereocenters. The Morgan fingerprint density at radius 2 is 0.714 bits per heavy atom. The monoisotopic (exact) mass is 714 g/mol. The zero-order valence-corrected chi connectivity index (χ0v) is 30.4. The van der Waals surface area contributed by atoms with Crippen molar-refractivity contribution in [3.63, 3.8) is 0 Å². The Labute approximate surface area is 324 Å². The molecular weight excluding hydrogens is 681 g/mol. The van der Waals surface area contributed by atoms with E-state index in [-0.39, 0.29) is 0 Å². The van der Waals surface area contributed by atoms with Crippen LogP contribution >= 0.6 is 0 Å². The van der Waals surface area contributed by atoms with Gasteiger partial charge in [-0.05, 0) is 82.9 Å². The third kappa shape index (κ3) is 5.31. The van der Waals surface area contributed by atoms with Gasteiger partial charge in [0.05, 0.1) is 33.5 Å². The van der Waals surface area contributed by atoms with Gasteiger partial charge < -0.3 is 4.57 Å². The van der Waals surface area contributed by atoms with Gasteiger partial charge in [-0.2, -0.15) is 0 Å². The van der Waals surface area contributed by atoms with E-state index < -0.39 is 0 Å². The summed E-state index contributed by atoms with van der Waals surface area (Å²) in [6, 6.07) is 73.2. The molecule has 262 valence electrons. The van der Waals surface area contributed by atoms with Crippen LogP contribution < -0.4 is 0 Å². The van der Waals surface area contributed by atoms with Gasteiger partial charge in [0.15, 0.2) is 0 Å². The van der Waals surface area contributed by atoms with E-state index in [4.69, 9.17) is 9.97 Å². The van der Waals surface area contributed by atoms with E-state index in [0.717, 1.165) is 61.1 Å². The lowest BCUT2D eigenvalue weighted by molar-refractivity contribution is 0.995. The first-order valence-electron chi connectivity index (χ1n) is 19.0. The summed E-state index contributed by atoms with van der Waals surface area (Å²) < 4.78 is 4.59. The van der Waals surface area contributed by atoms with Gasteiger partial charge in [-0.3, -0.25) is 4.57 Å². The second kappa shape index (κ2) is 13.1. The molecule has 4 heteroatoms. The third-order valence-corrected chi connectivity index (χ3v) is 10.9. The normalized spacial score (nSPS) is 11.6. The Bertz CT molecular complexity index is 3230. The molecule has 0 bridgehead atoms. The van der Waals surface area contributed by atoms with E-state index in [1.165, 1.54) is 32.9 Å². The number of para-hydroxylation sites is 3. The fourth-order valence-electron chi connectivity index (χ4n) is 8.30. The number of fused-ring (bicyclic) bond motifs is 6. The molecule has 56 heavy (non-hydrogen) atoms. The maximum absolute atomic E-state index is 5.33. The molecule has 3 aromatic heterocycles. The molecule has 0 saturated carbocycles. The molecule has 0 N–H and O–H groups in total. The first-order valence-corrected chi connectivity index (χ1v) is 19.0. The first kappa shape index (κ1) is 31.9. The second-order valence-electron chi connectivity index (χ2n) is 14.3. The fraction of sp³-hybridized carbons (Fsp3) is 0. The van der Waals surface area contributed by atoms with Crippen LogP contribution in [0.1, 0.15) is 0 Å². The maximum atomic E-state index is 5.33. The molecule has 0 amide bonds. The fourth-order valence-corrected chi connectivity index (χ4v) is 8.30. The summed E-state index contributed by atoms with van der Waals surface area (Å²) in [4.78, 5) is 10.6. The number of rotatable bonds is 6. The van der Waals surface area contributed by atoms with Crippen molar-refractivity contribution in [2.75, 3.05) is 0 Å². The molecule has 3 heterocycles. The lowest BCUT2D eigenvalue weighted by atomic mass is 10.0. The van der Waals surface area contributed by atoms with Gasteiger partial charge in [0.1, 0.15) is 0 Å². The van der Waals surface area contributed by atoms with Gasteiger partial charge in [0.2, 0.25) is 5.95 Å². The van der Waals surface area contributed by atoms with E-state index in [0.29, 0.717) is 5.95 Å². The number of hydrogen-bond donors (Lipinski definition) is 0. The van der Waals surface area contributed by atoms with Gasteiger partial charge in [-0.15, -0.1) is 0 Å². The molecule has 0 unspecified atom stereocenters. The van der Waals surface area contributed by atoms with Crippen molar-refractivity contribution in [2.24, 2.45) is 0 Å². The average molecular weight is 715 g/mol. The zero-order valence-electron chi connectivity index (χ0n) is 30.4.